The molecule has 0 unspecified atom stereocenters. The SMILES string of the molecule is O=c1[nH]c2c(F)c(F)ccc2nc1CCN1CCCCC1. The van der Waals surface area contributed by atoms with Crippen molar-refractivity contribution in [3.05, 3.63) is 39.8 Å². The summed E-state index contributed by atoms with van der Waals surface area (Å²) in [4.78, 5) is 20.8. The van der Waals surface area contributed by atoms with Gasteiger partial charge in [0.05, 0.1) is 5.52 Å². The van der Waals surface area contributed by atoms with E-state index in [1.165, 1.54) is 25.3 Å². The van der Waals surface area contributed by atoms with Gasteiger partial charge in [-0.3, -0.25) is 4.79 Å². The second-order valence-electron chi connectivity index (χ2n) is 5.42. The Morgan fingerprint density at radius 3 is 2.71 bits per heavy atom. The Labute approximate surface area is 120 Å². The first kappa shape index (κ1) is 14.1. The van der Waals surface area contributed by atoms with Gasteiger partial charge in [0, 0.05) is 13.0 Å². The lowest BCUT2D eigenvalue weighted by atomic mass is 10.1. The molecule has 1 fully saturated rings. The maximum atomic E-state index is 13.6. The van der Waals surface area contributed by atoms with Crippen molar-refractivity contribution in [2.75, 3.05) is 19.6 Å². The third-order valence-electron chi connectivity index (χ3n) is 3.94. The summed E-state index contributed by atoms with van der Waals surface area (Å²) in [6, 6.07) is 2.41. The summed E-state index contributed by atoms with van der Waals surface area (Å²) in [7, 11) is 0. The van der Waals surface area contributed by atoms with Gasteiger partial charge in [-0.2, -0.15) is 0 Å². The number of hydrogen-bond acceptors (Lipinski definition) is 3. The molecule has 3 rings (SSSR count). The number of piperidine rings is 1. The standard InChI is InChI=1S/C15H17F2N3O/c16-10-4-5-11-14(13(10)17)19-15(21)12(18-11)6-9-20-7-2-1-3-8-20/h4-5H,1-3,6-9H2,(H,19,21). The largest absolute Gasteiger partial charge is 0.317 e. The lowest BCUT2D eigenvalue weighted by Gasteiger charge is -2.25. The molecule has 1 aliphatic heterocycles. The Kier molecular flexibility index (Phi) is 3.96. The van der Waals surface area contributed by atoms with Crippen LogP contribution in [0.15, 0.2) is 16.9 Å². The number of benzene rings is 1. The van der Waals surface area contributed by atoms with Crippen molar-refractivity contribution in [2.45, 2.75) is 25.7 Å². The lowest BCUT2D eigenvalue weighted by molar-refractivity contribution is 0.230. The highest BCUT2D eigenvalue weighted by Gasteiger charge is 2.14. The average Bonchev–Trinajstić information content (AvgIpc) is 2.51. The lowest BCUT2D eigenvalue weighted by Crippen LogP contribution is -2.32. The molecular formula is C15H17F2N3O. The summed E-state index contributed by atoms with van der Waals surface area (Å²) in [5.74, 6) is -2.04. The van der Waals surface area contributed by atoms with Crippen LogP contribution in [0.2, 0.25) is 0 Å². The highest BCUT2D eigenvalue weighted by atomic mass is 19.2. The molecule has 1 N–H and O–H groups in total. The molecule has 0 atom stereocenters. The van der Waals surface area contributed by atoms with Gasteiger partial charge in [0.25, 0.3) is 5.56 Å². The summed E-state index contributed by atoms with van der Waals surface area (Å²) >= 11 is 0. The Balaban J connectivity index is 1.84. The first-order chi connectivity index (χ1) is 10.1. The molecule has 0 saturated carbocycles. The van der Waals surface area contributed by atoms with Crippen LogP contribution in [0.25, 0.3) is 11.0 Å². The molecule has 2 heterocycles. The molecule has 0 amide bonds. The van der Waals surface area contributed by atoms with Gasteiger partial charge in [-0.1, -0.05) is 6.42 Å². The predicted molar refractivity (Wildman–Crippen MR) is 76.3 cm³/mol. The number of aromatic nitrogens is 2. The fourth-order valence-corrected chi connectivity index (χ4v) is 2.75. The molecule has 1 aliphatic rings. The molecule has 1 aromatic heterocycles. The Morgan fingerprint density at radius 1 is 1.19 bits per heavy atom. The monoisotopic (exact) mass is 293 g/mol. The number of nitrogens with zero attached hydrogens (tertiary/aromatic N) is 2. The fraction of sp³-hybridized carbons (Fsp3) is 0.467. The van der Waals surface area contributed by atoms with Gasteiger partial charge in [-0.05, 0) is 38.1 Å². The van der Waals surface area contributed by atoms with Gasteiger partial charge in [-0.25, -0.2) is 13.8 Å². The van der Waals surface area contributed by atoms with Crippen LogP contribution in [0.3, 0.4) is 0 Å². The van der Waals surface area contributed by atoms with Crippen LogP contribution >= 0.6 is 0 Å². The van der Waals surface area contributed by atoms with Crippen LogP contribution in [0.4, 0.5) is 8.78 Å². The molecule has 21 heavy (non-hydrogen) atoms. The number of hydrogen-bond donors (Lipinski definition) is 1. The summed E-state index contributed by atoms with van der Waals surface area (Å²) < 4.78 is 26.7. The van der Waals surface area contributed by atoms with Crippen LogP contribution in [0.5, 0.6) is 0 Å². The topological polar surface area (TPSA) is 49.0 Å². The summed E-state index contributed by atoms with van der Waals surface area (Å²) in [5, 5.41) is 0. The van der Waals surface area contributed by atoms with E-state index in [1.807, 2.05) is 0 Å². The van der Waals surface area contributed by atoms with Gasteiger partial charge < -0.3 is 9.88 Å². The van der Waals surface area contributed by atoms with E-state index in [2.05, 4.69) is 14.9 Å². The highest BCUT2D eigenvalue weighted by molar-refractivity contribution is 5.74. The van der Waals surface area contributed by atoms with Crippen molar-refractivity contribution in [3.63, 3.8) is 0 Å². The number of nitrogens with one attached hydrogen (secondary N) is 1. The van der Waals surface area contributed by atoms with E-state index in [-0.39, 0.29) is 11.0 Å². The minimum Gasteiger partial charge on any atom is -0.317 e. The van der Waals surface area contributed by atoms with E-state index in [0.717, 1.165) is 25.7 Å². The molecule has 2 aromatic rings. The van der Waals surface area contributed by atoms with Crippen molar-refractivity contribution in [1.82, 2.24) is 14.9 Å². The maximum absolute atomic E-state index is 13.6. The third-order valence-corrected chi connectivity index (χ3v) is 3.94. The molecule has 1 saturated heterocycles. The van der Waals surface area contributed by atoms with Crippen LogP contribution in [-0.4, -0.2) is 34.5 Å². The summed E-state index contributed by atoms with van der Waals surface area (Å²) in [6.07, 6.45) is 4.15. The van der Waals surface area contributed by atoms with E-state index < -0.39 is 17.2 Å². The van der Waals surface area contributed by atoms with Crippen molar-refractivity contribution >= 4 is 11.0 Å². The Hall–Kier alpha value is -1.82. The van der Waals surface area contributed by atoms with Crippen molar-refractivity contribution in [1.29, 1.82) is 0 Å². The zero-order chi connectivity index (χ0) is 14.8. The maximum Gasteiger partial charge on any atom is 0.270 e. The number of halogens is 2. The Bertz CT molecular complexity index is 708. The van der Waals surface area contributed by atoms with Gasteiger partial charge in [0.15, 0.2) is 11.6 Å². The van der Waals surface area contributed by atoms with E-state index in [4.69, 9.17) is 0 Å². The second-order valence-corrected chi connectivity index (χ2v) is 5.42. The van der Waals surface area contributed by atoms with Gasteiger partial charge in [0.2, 0.25) is 0 Å². The fourth-order valence-electron chi connectivity index (χ4n) is 2.75. The molecule has 0 aliphatic carbocycles. The van der Waals surface area contributed by atoms with E-state index >= 15 is 0 Å². The highest BCUT2D eigenvalue weighted by Crippen LogP contribution is 2.16. The normalized spacial score (nSPS) is 16.5. The van der Waals surface area contributed by atoms with E-state index in [0.29, 0.717) is 12.1 Å². The predicted octanol–water partition coefficient (Wildman–Crippen LogP) is 2.23. The zero-order valence-electron chi connectivity index (χ0n) is 11.7. The minimum atomic E-state index is -1.06. The van der Waals surface area contributed by atoms with E-state index in [1.54, 1.807) is 0 Å². The first-order valence-corrected chi connectivity index (χ1v) is 7.24. The van der Waals surface area contributed by atoms with Gasteiger partial charge in [-0.15, -0.1) is 0 Å². The number of fused-ring (bicyclic) bond motifs is 1. The smallest absolute Gasteiger partial charge is 0.270 e. The van der Waals surface area contributed by atoms with Crippen LogP contribution in [-0.2, 0) is 6.42 Å². The molecule has 0 spiro atoms. The number of aromatic amines is 1. The summed E-state index contributed by atoms with van der Waals surface area (Å²) in [5.41, 5.74) is 0.0481. The zero-order valence-corrected chi connectivity index (χ0v) is 11.7. The van der Waals surface area contributed by atoms with Gasteiger partial charge in [0.1, 0.15) is 11.2 Å². The number of likely N-dealkylation sites (tertiary alicyclic amines) is 1. The van der Waals surface area contributed by atoms with Crippen LogP contribution in [0, 0.1) is 11.6 Å². The molecular weight excluding hydrogens is 276 g/mol. The van der Waals surface area contributed by atoms with Crippen molar-refractivity contribution < 1.29 is 8.78 Å². The first-order valence-electron chi connectivity index (χ1n) is 7.24. The quantitative estimate of drug-likeness (QED) is 0.944. The number of rotatable bonds is 3. The Morgan fingerprint density at radius 2 is 1.95 bits per heavy atom. The summed E-state index contributed by atoms with van der Waals surface area (Å²) in [6.45, 7) is 2.86. The van der Waals surface area contributed by atoms with E-state index in [9.17, 15) is 13.6 Å². The van der Waals surface area contributed by atoms with Crippen LogP contribution < -0.4 is 5.56 Å². The third kappa shape index (κ3) is 2.95. The second kappa shape index (κ2) is 5.89. The molecule has 0 bridgehead atoms. The number of H-pyrrole nitrogens is 1. The van der Waals surface area contributed by atoms with Crippen molar-refractivity contribution in [3.8, 4) is 0 Å². The average molecular weight is 293 g/mol. The molecule has 0 radical (unpaired) electrons. The minimum absolute atomic E-state index is 0.165. The van der Waals surface area contributed by atoms with Gasteiger partial charge >= 0.3 is 0 Å². The molecule has 1 aromatic carbocycles. The molecule has 112 valence electrons. The molecule has 6 heteroatoms. The molecule has 4 nitrogen and oxygen atoms in total. The van der Waals surface area contributed by atoms with Crippen LogP contribution in [0.1, 0.15) is 25.0 Å². The van der Waals surface area contributed by atoms with Crippen molar-refractivity contribution in [2.24, 2.45) is 0 Å².